The molecule has 2 rings (SSSR count). The zero-order valence-electron chi connectivity index (χ0n) is 9.20. The number of hydrogen-bond acceptors (Lipinski definition) is 2. The summed E-state index contributed by atoms with van der Waals surface area (Å²) in [4.78, 5) is 1.68. The SMILES string of the molecule is Cl.N#CC1CCN(c2c(F)cccc2F)CC1. The molecule has 0 unspecified atom stereocenters. The van der Waals surface area contributed by atoms with E-state index in [4.69, 9.17) is 5.26 Å². The minimum atomic E-state index is -0.532. The summed E-state index contributed by atoms with van der Waals surface area (Å²) in [6.07, 6.45) is 1.34. The minimum absolute atomic E-state index is 0. The Kier molecular flexibility index (Phi) is 4.71. The Morgan fingerprint density at radius 1 is 1.18 bits per heavy atom. The van der Waals surface area contributed by atoms with Gasteiger partial charge in [-0.05, 0) is 25.0 Å². The van der Waals surface area contributed by atoms with E-state index in [9.17, 15) is 8.78 Å². The minimum Gasteiger partial charge on any atom is -0.367 e. The normalized spacial score (nSPS) is 16.2. The lowest BCUT2D eigenvalue weighted by Crippen LogP contribution is -2.34. The monoisotopic (exact) mass is 258 g/mol. The van der Waals surface area contributed by atoms with Gasteiger partial charge in [0, 0.05) is 19.0 Å². The van der Waals surface area contributed by atoms with Crippen LogP contribution in [0.5, 0.6) is 0 Å². The lowest BCUT2D eigenvalue weighted by molar-refractivity contribution is 0.472. The fraction of sp³-hybridized carbons (Fsp3) is 0.417. The molecule has 0 saturated carbocycles. The molecule has 0 aromatic heterocycles. The van der Waals surface area contributed by atoms with E-state index < -0.39 is 11.6 Å². The molecular weight excluding hydrogens is 246 g/mol. The van der Waals surface area contributed by atoms with Crippen molar-refractivity contribution in [3.05, 3.63) is 29.8 Å². The Labute approximate surface area is 105 Å². The quantitative estimate of drug-likeness (QED) is 0.774. The summed E-state index contributed by atoms with van der Waals surface area (Å²) in [5, 5.41) is 8.74. The van der Waals surface area contributed by atoms with Gasteiger partial charge < -0.3 is 4.90 Å². The smallest absolute Gasteiger partial charge is 0.149 e. The van der Waals surface area contributed by atoms with Gasteiger partial charge in [0.2, 0.25) is 0 Å². The van der Waals surface area contributed by atoms with Crippen molar-refractivity contribution in [2.75, 3.05) is 18.0 Å². The first kappa shape index (κ1) is 13.7. The summed E-state index contributed by atoms with van der Waals surface area (Å²) in [6.45, 7) is 1.08. The van der Waals surface area contributed by atoms with Crippen molar-refractivity contribution in [3.63, 3.8) is 0 Å². The molecule has 1 aromatic rings. The molecule has 1 heterocycles. The van der Waals surface area contributed by atoms with E-state index >= 15 is 0 Å². The third kappa shape index (κ3) is 2.86. The van der Waals surface area contributed by atoms with Gasteiger partial charge >= 0.3 is 0 Å². The van der Waals surface area contributed by atoms with Crippen molar-refractivity contribution in [2.24, 2.45) is 5.92 Å². The van der Waals surface area contributed by atoms with Crippen LogP contribution in [0.3, 0.4) is 0 Å². The molecule has 0 atom stereocenters. The summed E-state index contributed by atoms with van der Waals surface area (Å²) in [7, 11) is 0. The molecule has 0 N–H and O–H groups in total. The van der Waals surface area contributed by atoms with E-state index in [1.807, 2.05) is 0 Å². The highest BCUT2D eigenvalue weighted by Gasteiger charge is 2.23. The molecular formula is C12H13ClF2N2. The Morgan fingerprint density at radius 3 is 2.18 bits per heavy atom. The maximum absolute atomic E-state index is 13.5. The van der Waals surface area contributed by atoms with Crippen molar-refractivity contribution in [3.8, 4) is 6.07 Å². The van der Waals surface area contributed by atoms with Crippen LogP contribution in [0.1, 0.15) is 12.8 Å². The maximum atomic E-state index is 13.5. The molecule has 0 aliphatic carbocycles. The van der Waals surface area contributed by atoms with Crippen molar-refractivity contribution in [1.82, 2.24) is 0 Å². The Hall–Kier alpha value is -1.34. The van der Waals surface area contributed by atoms with Gasteiger partial charge in [-0.2, -0.15) is 5.26 Å². The molecule has 92 valence electrons. The number of benzene rings is 1. The first-order chi connectivity index (χ1) is 7.72. The van der Waals surface area contributed by atoms with Crippen LogP contribution in [0.2, 0.25) is 0 Å². The Morgan fingerprint density at radius 2 is 1.71 bits per heavy atom. The van der Waals surface area contributed by atoms with Crippen molar-refractivity contribution >= 4 is 18.1 Å². The van der Waals surface area contributed by atoms with E-state index in [2.05, 4.69) is 6.07 Å². The molecule has 0 spiro atoms. The molecule has 5 heteroatoms. The molecule has 0 radical (unpaired) electrons. The molecule has 2 nitrogen and oxygen atoms in total. The van der Waals surface area contributed by atoms with E-state index in [1.54, 1.807) is 4.90 Å². The van der Waals surface area contributed by atoms with Crippen LogP contribution in [-0.2, 0) is 0 Å². The number of piperidine rings is 1. The average molecular weight is 259 g/mol. The number of para-hydroxylation sites is 1. The van der Waals surface area contributed by atoms with Gasteiger partial charge in [0.1, 0.15) is 17.3 Å². The predicted octanol–water partition coefficient (Wildman–Crippen LogP) is 3.13. The Bertz CT molecular complexity index is 403. The topological polar surface area (TPSA) is 27.0 Å². The lowest BCUT2D eigenvalue weighted by atomic mass is 9.98. The number of hydrogen-bond donors (Lipinski definition) is 0. The highest BCUT2D eigenvalue weighted by Crippen LogP contribution is 2.27. The van der Waals surface area contributed by atoms with E-state index in [0.29, 0.717) is 25.9 Å². The van der Waals surface area contributed by atoms with Crippen LogP contribution >= 0.6 is 12.4 Å². The second-order valence-corrected chi connectivity index (χ2v) is 3.96. The highest BCUT2D eigenvalue weighted by molar-refractivity contribution is 5.85. The number of nitriles is 1. The molecule has 17 heavy (non-hydrogen) atoms. The van der Waals surface area contributed by atoms with Gasteiger partial charge in [-0.25, -0.2) is 8.78 Å². The van der Waals surface area contributed by atoms with E-state index in [-0.39, 0.29) is 24.0 Å². The van der Waals surface area contributed by atoms with Crippen LogP contribution in [0, 0.1) is 28.9 Å². The zero-order valence-corrected chi connectivity index (χ0v) is 10.0. The molecule has 1 fully saturated rings. The van der Waals surface area contributed by atoms with E-state index in [1.165, 1.54) is 18.2 Å². The number of anilines is 1. The largest absolute Gasteiger partial charge is 0.367 e. The van der Waals surface area contributed by atoms with Crippen LogP contribution in [0.4, 0.5) is 14.5 Å². The number of rotatable bonds is 1. The molecule has 0 bridgehead atoms. The fourth-order valence-corrected chi connectivity index (χ4v) is 2.02. The third-order valence-corrected chi connectivity index (χ3v) is 2.93. The third-order valence-electron chi connectivity index (χ3n) is 2.93. The van der Waals surface area contributed by atoms with Gasteiger partial charge in [-0.1, -0.05) is 6.07 Å². The summed E-state index contributed by atoms with van der Waals surface area (Å²) in [6, 6.07) is 6.07. The second kappa shape index (κ2) is 5.83. The lowest BCUT2D eigenvalue weighted by Gasteiger charge is -2.31. The summed E-state index contributed by atoms with van der Waals surface area (Å²) >= 11 is 0. The van der Waals surface area contributed by atoms with E-state index in [0.717, 1.165) is 0 Å². The second-order valence-electron chi connectivity index (χ2n) is 3.96. The Balaban J connectivity index is 0.00000144. The highest BCUT2D eigenvalue weighted by atomic mass is 35.5. The number of nitrogens with zero attached hydrogens (tertiary/aromatic N) is 2. The standard InChI is InChI=1S/C12H12F2N2.ClH/c13-10-2-1-3-11(14)12(10)16-6-4-9(8-15)5-7-16;/h1-3,9H,4-7H2;1H. The molecule has 1 saturated heterocycles. The summed E-state index contributed by atoms with van der Waals surface area (Å²) < 4.78 is 26.9. The molecule has 0 amide bonds. The molecule has 1 aliphatic heterocycles. The van der Waals surface area contributed by atoms with Gasteiger partial charge in [0.05, 0.1) is 6.07 Å². The fourth-order valence-electron chi connectivity index (χ4n) is 2.02. The summed E-state index contributed by atoms with van der Waals surface area (Å²) in [5.41, 5.74) is 0.0406. The van der Waals surface area contributed by atoms with Crippen molar-refractivity contribution < 1.29 is 8.78 Å². The molecule has 1 aromatic carbocycles. The van der Waals surface area contributed by atoms with Gasteiger partial charge in [0.15, 0.2) is 0 Å². The van der Waals surface area contributed by atoms with Gasteiger partial charge in [-0.3, -0.25) is 0 Å². The maximum Gasteiger partial charge on any atom is 0.149 e. The van der Waals surface area contributed by atoms with Crippen molar-refractivity contribution in [2.45, 2.75) is 12.8 Å². The van der Waals surface area contributed by atoms with Crippen LogP contribution in [0.25, 0.3) is 0 Å². The van der Waals surface area contributed by atoms with Gasteiger partial charge in [0.25, 0.3) is 0 Å². The predicted molar refractivity (Wildman–Crippen MR) is 64.2 cm³/mol. The van der Waals surface area contributed by atoms with Crippen LogP contribution in [-0.4, -0.2) is 13.1 Å². The van der Waals surface area contributed by atoms with Crippen molar-refractivity contribution in [1.29, 1.82) is 5.26 Å². The zero-order chi connectivity index (χ0) is 11.5. The first-order valence-corrected chi connectivity index (χ1v) is 5.31. The van der Waals surface area contributed by atoms with Gasteiger partial charge in [-0.15, -0.1) is 12.4 Å². The summed E-state index contributed by atoms with van der Waals surface area (Å²) in [5.74, 6) is -1.04. The van der Waals surface area contributed by atoms with Crippen LogP contribution < -0.4 is 4.90 Å². The average Bonchev–Trinajstić information content (AvgIpc) is 2.30. The molecule has 1 aliphatic rings. The number of halogens is 3. The first-order valence-electron chi connectivity index (χ1n) is 5.31. The van der Waals surface area contributed by atoms with Crippen LogP contribution in [0.15, 0.2) is 18.2 Å².